The van der Waals surface area contributed by atoms with Gasteiger partial charge in [0.15, 0.2) is 0 Å². The first kappa shape index (κ1) is 19.3. The molecule has 0 aromatic heterocycles. The van der Waals surface area contributed by atoms with Gasteiger partial charge in [-0.1, -0.05) is 48.5 Å². The summed E-state index contributed by atoms with van der Waals surface area (Å²) in [6.07, 6.45) is 0. The normalized spacial score (nSPS) is 15.1. The topological polar surface area (TPSA) is 15.7 Å². The summed E-state index contributed by atoms with van der Waals surface area (Å²) in [4.78, 5) is 5.10. The van der Waals surface area contributed by atoms with Crippen molar-refractivity contribution in [1.82, 2.24) is 9.80 Å². The van der Waals surface area contributed by atoms with Crippen molar-refractivity contribution >= 4 is 11.8 Å². The molecule has 0 spiro atoms. The molecule has 0 N–H and O–H groups in total. The van der Waals surface area contributed by atoms with E-state index < -0.39 is 0 Å². The van der Waals surface area contributed by atoms with Crippen LogP contribution in [0, 0.1) is 12.1 Å². The van der Waals surface area contributed by atoms with Crippen molar-refractivity contribution in [2.75, 3.05) is 51.7 Å². The van der Waals surface area contributed by atoms with E-state index in [-0.39, 0.29) is 0 Å². The zero-order valence-corrected chi connectivity index (χ0v) is 16.2. The highest BCUT2D eigenvalue weighted by Crippen LogP contribution is 2.12. The lowest BCUT2D eigenvalue weighted by atomic mass is 10.2. The monoisotopic (exact) mass is 368 g/mol. The fourth-order valence-electron chi connectivity index (χ4n) is 3.07. The summed E-state index contributed by atoms with van der Waals surface area (Å²) in [6, 6.07) is 23.1. The molecule has 1 saturated heterocycles. The van der Waals surface area contributed by atoms with Gasteiger partial charge in [-0.05, 0) is 17.7 Å². The number of benzene rings is 1. The van der Waals surface area contributed by atoms with Crippen LogP contribution >= 0.6 is 11.8 Å². The Morgan fingerprint density at radius 3 is 2.65 bits per heavy atom. The van der Waals surface area contributed by atoms with Crippen molar-refractivity contribution in [2.24, 2.45) is 0 Å². The molecule has 0 aliphatic carbocycles. The molecule has 0 atom stereocenters. The third-order valence-electron chi connectivity index (χ3n) is 4.60. The molecule has 0 radical (unpaired) electrons. The van der Waals surface area contributed by atoms with E-state index >= 15 is 0 Å². The van der Waals surface area contributed by atoms with E-state index in [1.807, 2.05) is 23.9 Å². The third-order valence-corrected chi connectivity index (χ3v) is 5.59. The minimum absolute atomic E-state index is 0.874. The zero-order chi connectivity index (χ0) is 17.9. The maximum Gasteiger partial charge on any atom is 0.0594 e. The lowest BCUT2D eigenvalue weighted by Crippen LogP contribution is -2.41. The molecule has 0 amide bonds. The number of rotatable bonds is 10. The first-order valence-electron chi connectivity index (χ1n) is 9.41. The summed E-state index contributed by atoms with van der Waals surface area (Å²) < 4.78 is 5.46. The Hall–Kier alpha value is -1.51. The van der Waals surface area contributed by atoms with Gasteiger partial charge in [-0.25, -0.2) is 0 Å². The lowest BCUT2D eigenvalue weighted by molar-refractivity contribution is 0.0333. The Bertz CT molecular complexity index is 602. The summed E-state index contributed by atoms with van der Waals surface area (Å²) in [5, 5.41) is 0. The second-order valence-corrected chi connectivity index (χ2v) is 7.69. The van der Waals surface area contributed by atoms with Gasteiger partial charge in [-0.3, -0.25) is 9.80 Å². The lowest BCUT2D eigenvalue weighted by Gasteiger charge is -2.30. The number of hydrogen-bond donors (Lipinski definition) is 0. The molecule has 0 unspecified atom stereocenters. The predicted molar refractivity (Wildman–Crippen MR) is 109 cm³/mol. The van der Waals surface area contributed by atoms with Gasteiger partial charge in [0.2, 0.25) is 0 Å². The van der Waals surface area contributed by atoms with Crippen LogP contribution in [0.1, 0.15) is 11.1 Å². The van der Waals surface area contributed by atoms with Crippen LogP contribution in [0.3, 0.4) is 0 Å². The van der Waals surface area contributed by atoms with Crippen LogP contribution in [0.5, 0.6) is 0 Å². The quantitative estimate of drug-likeness (QED) is 0.597. The van der Waals surface area contributed by atoms with Crippen LogP contribution < -0.4 is 0 Å². The van der Waals surface area contributed by atoms with Crippen molar-refractivity contribution in [1.29, 1.82) is 0 Å². The second-order valence-electron chi connectivity index (χ2n) is 6.59. The molecular weight excluding hydrogens is 340 g/mol. The minimum atomic E-state index is 0.874. The Balaban J connectivity index is 1.45. The van der Waals surface area contributed by atoms with Gasteiger partial charge in [0.1, 0.15) is 0 Å². The summed E-state index contributed by atoms with van der Waals surface area (Å²) in [5.41, 5.74) is 2.63. The second kappa shape index (κ2) is 11.3. The van der Waals surface area contributed by atoms with Crippen LogP contribution in [-0.2, 0) is 17.0 Å². The van der Waals surface area contributed by atoms with Crippen molar-refractivity contribution in [3.8, 4) is 0 Å². The average molecular weight is 369 g/mol. The van der Waals surface area contributed by atoms with E-state index in [0.717, 1.165) is 64.0 Å². The standard InChI is InChI=1S/C22H28N2OS/c1-3-7-21(8-4-1)19-24(12-11-23-13-16-25-17-14-23)15-18-26-20-22-9-5-2-6-10-22/h1-5,7-9H,11-20H2. The molecule has 26 heavy (non-hydrogen) atoms. The summed E-state index contributed by atoms with van der Waals surface area (Å²) >= 11 is 1.98. The zero-order valence-electron chi connectivity index (χ0n) is 15.4. The van der Waals surface area contributed by atoms with Gasteiger partial charge >= 0.3 is 0 Å². The maximum absolute atomic E-state index is 5.46. The fraction of sp³-hybridized carbons (Fsp3) is 0.455. The van der Waals surface area contributed by atoms with Gasteiger partial charge in [0.05, 0.1) is 13.2 Å². The van der Waals surface area contributed by atoms with Crippen LogP contribution in [0.4, 0.5) is 0 Å². The largest absolute Gasteiger partial charge is 0.379 e. The molecule has 1 fully saturated rings. The Morgan fingerprint density at radius 1 is 1.04 bits per heavy atom. The van der Waals surface area contributed by atoms with Gasteiger partial charge in [-0.2, -0.15) is 11.8 Å². The van der Waals surface area contributed by atoms with E-state index in [2.05, 4.69) is 58.3 Å². The average Bonchev–Trinajstić information content (AvgIpc) is 2.71. The molecule has 4 heteroatoms. The first-order valence-corrected chi connectivity index (χ1v) is 10.6. The van der Waals surface area contributed by atoms with Crippen LogP contribution in [0.2, 0.25) is 0 Å². The van der Waals surface area contributed by atoms with Crippen LogP contribution in [-0.4, -0.2) is 61.5 Å². The molecular formula is C22H28N2OS. The van der Waals surface area contributed by atoms with E-state index in [1.165, 1.54) is 11.1 Å². The molecule has 0 saturated carbocycles. The van der Waals surface area contributed by atoms with Crippen LogP contribution in [0.15, 0.2) is 48.5 Å². The molecule has 0 bridgehead atoms. The molecule has 3 nitrogen and oxygen atoms in total. The molecule has 1 aliphatic heterocycles. The number of ether oxygens (including phenoxy) is 1. The van der Waals surface area contributed by atoms with E-state index in [1.54, 1.807) is 0 Å². The van der Waals surface area contributed by atoms with E-state index in [4.69, 9.17) is 4.74 Å². The first-order chi connectivity index (χ1) is 12.9. The molecule has 3 rings (SSSR count). The SMILES string of the molecule is c1cccc(CSCCN(CCN2CCOCC2)Cc2ccccc2)c#1. The summed E-state index contributed by atoms with van der Waals surface area (Å²) in [6.45, 7) is 8.25. The van der Waals surface area contributed by atoms with Gasteiger partial charge < -0.3 is 4.74 Å². The summed E-state index contributed by atoms with van der Waals surface area (Å²) in [5.74, 6) is 2.15. The van der Waals surface area contributed by atoms with Crippen molar-refractivity contribution in [3.63, 3.8) is 0 Å². The number of hydrogen-bond acceptors (Lipinski definition) is 4. The predicted octanol–water partition coefficient (Wildman–Crippen LogP) is 3.35. The number of morpholine rings is 1. The van der Waals surface area contributed by atoms with Crippen LogP contribution in [0.25, 0.3) is 0 Å². The highest BCUT2D eigenvalue weighted by molar-refractivity contribution is 7.98. The highest BCUT2D eigenvalue weighted by Gasteiger charge is 2.13. The molecule has 1 aliphatic rings. The molecule has 138 valence electrons. The van der Waals surface area contributed by atoms with Gasteiger partial charge in [0, 0.05) is 56.3 Å². The smallest absolute Gasteiger partial charge is 0.0594 e. The summed E-state index contributed by atoms with van der Waals surface area (Å²) in [7, 11) is 0. The molecule has 2 aromatic rings. The van der Waals surface area contributed by atoms with E-state index in [9.17, 15) is 0 Å². The van der Waals surface area contributed by atoms with Gasteiger partial charge in [-0.15, -0.1) is 0 Å². The molecule has 2 aromatic carbocycles. The third kappa shape index (κ3) is 7.01. The van der Waals surface area contributed by atoms with Crippen molar-refractivity contribution in [2.45, 2.75) is 12.3 Å². The highest BCUT2D eigenvalue weighted by atomic mass is 32.2. The maximum atomic E-state index is 5.46. The Labute approximate surface area is 162 Å². The molecule has 1 heterocycles. The van der Waals surface area contributed by atoms with Gasteiger partial charge in [0.25, 0.3) is 0 Å². The fourth-order valence-corrected chi connectivity index (χ4v) is 3.99. The van der Waals surface area contributed by atoms with Crippen molar-refractivity contribution < 1.29 is 4.74 Å². The number of nitrogens with zero attached hydrogens (tertiary/aromatic N) is 2. The number of thioether (sulfide) groups is 1. The Kier molecular flexibility index (Phi) is 8.34. The van der Waals surface area contributed by atoms with Crippen molar-refractivity contribution in [3.05, 3.63) is 71.8 Å². The minimum Gasteiger partial charge on any atom is -0.379 e. The van der Waals surface area contributed by atoms with E-state index in [0.29, 0.717) is 0 Å². The Morgan fingerprint density at radius 2 is 1.88 bits per heavy atom.